The van der Waals surface area contributed by atoms with Crippen molar-refractivity contribution < 1.29 is 14.3 Å². The third-order valence-electron chi connectivity index (χ3n) is 4.97. The lowest BCUT2D eigenvalue weighted by molar-refractivity contribution is -0.143. The number of ketones is 1. The number of methoxy groups -OCH3 is 1. The maximum Gasteiger partial charge on any atom is 0.315 e. The summed E-state index contributed by atoms with van der Waals surface area (Å²) in [5.41, 5.74) is 3.12. The largest absolute Gasteiger partial charge is 0.468 e. The van der Waals surface area contributed by atoms with Crippen molar-refractivity contribution in [2.45, 2.75) is 39.5 Å². The van der Waals surface area contributed by atoms with Crippen LogP contribution in [-0.4, -0.2) is 24.6 Å². The Labute approximate surface area is 161 Å². The number of ether oxygens (including phenoxy) is 1. The first-order chi connectivity index (χ1) is 11.7. The van der Waals surface area contributed by atoms with Gasteiger partial charge in [-0.25, -0.2) is 0 Å². The number of rotatable bonds is 2. The van der Waals surface area contributed by atoms with Crippen LogP contribution in [0.5, 0.6) is 0 Å². The fourth-order valence-corrected chi connectivity index (χ4v) is 4.50. The van der Waals surface area contributed by atoms with Crippen LogP contribution in [0.3, 0.4) is 0 Å². The summed E-state index contributed by atoms with van der Waals surface area (Å²) in [7, 11) is 1.39. The number of hydrogen-bond acceptors (Lipinski definition) is 4. The van der Waals surface area contributed by atoms with Gasteiger partial charge in [-0.05, 0) is 59.0 Å². The molecule has 1 aromatic rings. The number of carbonyl (C=O) groups excluding carboxylic acids is 2. The number of carbonyl (C=O) groups is 2. The van der Waals surface area contributed by atoms with Crippen LogP contribution in [0.15, 0.2) is 40.5 Å². The molecule has 0 fully saturated rings. The third-order valence-corrected chi connectivity index (χ3v) is 5.64. The Morgan fingerprint density at radius 1 is 1.32 bits per heavy atom. The molecule has 0 saturated heterocycles. The predicted octanol–water partition coefficient (Wildman–Crippen LogP) is 4.28. The number of halogens is 1. The van der Waals surface area contributed by atoms with Crippen molar-refractivity contribution in [3.63, 3.8) is 0 Å². The Bertz CT molecular complexity index is 807. The minimum atomic E-state index is -0.549. The molecule has 3 rings (SSSR count). The van der Waals surface area contributed by atoms with E-state index in [2.05, 4.69) is 41.4 Å². The van der Waals surface area contributed by atoms with Crippen LogP contribution in [0, 0.1) is 14.9 Å². The molecule has 2 atom stereocenters. The maximum atomic E-state index is 13.0. The maximum absolute atomic E-state index is 13.0. The molecule has 4 nitrogen and oxygen atoms in total. The molecule has 0 N–H and O–H groups in total. The Kier molecular flexibility index (Phi) is 4.88. The molecule has 0 aromatic heterocycles. The first-order valence-corrected chi connectivity index (χ1v) is 9.46. The van der Waals surface area contributed by atoms with Gasteiger partial charge in [-0.3, -0.25) is 14.6 Å². The lowest BCUT2D eigenvalue weighted by atomic mass is 9.67. The smallest absolute Gasteiger partial charge is 0.315 e. The van der Waals surface area contributed by atoms with Gasteiger partial charge in [0, 0.05) is 32.9 Å². The monoisotopic (exact) mass is 451 g/mol. The number of nitrogens with zero attached hydrogens (tertiary/aromatic N) is 1. The van der Waals surface area contributed by atoms with Crippen molar-refractivity contribution >= 4 is 40.1 Å². The van der Waals surface area contributed by atoms with Crippen LogP contribution in [0.2, 0.25) is 0 Å². The Balaban J connectivity index is 2.21. The van der Waals surface area contributed by atoms with Crippen molar-refractivity contribution in [3.8, 4) is 0 Å². The van der Waals surface area contributed by atoms with Gasteiger partial charge in [0.25, 0.3) is 0 Å². The van der Waals surface area contributed by atoms with Gasteiger partial charge in [-0.1, -0.05) is 26.0 Å². The van der Waals surface area contributed by atoms with Crippen LogP contribution < -0.4 is 0 Å². The van der Waals surface area contributed by atoms with E-state index < -0.39 is 5.92 Å². The summed E-state index contributed by atoms with van der Waals surface area (Å²) in [6, 6.07) is 7.99. The molecule has 0 radical (unpaired) electrons. The summed E-state index contributed by atoms with van der Waals surface area (Å²) in [6.07, 6.45) is 1.23. The molecule has 1 aliphatic heterocycles. The van der Waals surface area contributed by atoms with Crippen LogP contribution in [0.25, 0.3) is 0 Å². The zero-order valence-electron chi connectivity index (χ0n) is 14.9. The van der Waals surface area contributed by atoms with Gasteiger partial charge in [0.1, 0.15) is 5.92 Å². The molecule has 1 aromatic carbocycles. The fraction of sp³-hybridized carbons (Fsp3) is 0.450. The van der Waals surface area contributed by atoms with E-state index in [4.69, 9.17) is 4.74 Å². The molecule has 0 bridgehead atoms. The summed E-state index contributed by atoms with van der Waals surface area (Å²) in [4.78, 5) is 30.2. The van der Waals surface area contributed by atoms with Gasteiger partial charge in [0.2, 0.25) is 0 Å². The van der Waals surface area contributed by atoms with Crippen LogP contribution in [0.1, 0.15) is 45.1 Å². The topological polar surface area (TPSA) is 55.7 Å². The number of allylic oxidation sites excluding steroid dienone is 2. The van der Waals surface area contributed by atoms with Crippen molar-refractivity contribution in [3.05, 3.63) is 44.7 Å². The summed E-state index contributed by atoms with van der Waals surface area (Å²) in [6.45, 7) is 6.04. The minimum Gasteiger partial charge on any atom is -0.468 e. The molecular formula is C20H22INO3. The molecule has 1 unspecified atom stereocenters. The molecule has 132 valence electrons. The fourth-order valence-electron chi connectivity index (χ4n) is 3.94. The number of hydrogen-bond donors (Lipinski definition) is 0. The van der Waals surface area contributed by atoms with Gasteiger partial charge >= 0.3 is 5.97 Å². The van der Waals surface area contributed by atoms with Crippen LogP contribution in [0.4, 0.5) is 0 Å². The highest BCUT2D eigenvalue weighted by Crippen LogP contribution is 2.47. The van der Waals surface area contributed by atoms with Crippen molar-refractivity contribution in [1.29, 1.82) is 0 Å². The zero-order valence-corrected chi connectivity index (χ0v) is 17.1. The number of esters is 1. The summed E-state index contributed by atoms with van der Waals surface area (Å²) < 4.78 is 6.12. The first kappa shape index (κ1) is 18.3. The van der Waals surface area contributed by atoms with Crippen LogP contribution in [-0.2, 0) is 14.3 Å². The second-order valence-corrected chi connectivity index (χ2v) is 8.83. The zero-order chi connectivity index (χ0) is 18.4. The quantitative estimate of drug-likeness (QED) is 0.498. The molecule has 2 aliphatic rings. The summed E-state index contributed by atoms with van der Waals surface area (Å²) >= 11 is 2.25. The van der Waals surface area contributed by atoms with E-state index >= 15 is 0 Å². The Hall–Kier alpha value is -1.50. The molecular weight excluding hydrogens is 429 g/mol. The Morgan fingerprint density at radius 3 is 2.68 bits per heavy atom. The number of benzene rings is 1. The normalized spacial score (nSPS) is 25.3. The van der Waals surface area contributed by atoms with Crippen molar-refractivity contribution in [1.82, 2.24) is 0 Å². The SMILES string of the molecule is COC(=O)C1C(C)=NC2=C(C(=O)CC(C)(C)C2)[C@H]1c1cccc(I)c1. The number of Topliss-reactive ketones (excluding diaryl/α,β-unsaturated/α-hetero) is 1. The van der Waals surface area contributed by atoms with Gasteiger partial charge in [-0.2, -0.15) is 0 Å². The second kappa shape index (κ2) is 6.67. The average Bonchev–Trinajstić information content (AvgIpc) is 2.51. The standard InChI is InChI=1S/C20H22INO3/c1-11-16(19(24)25-4)17(12-6-5-7-13(21)8-12)18-14(22-11)9-20(2,3)10-15(18)23/h5-8,16-17H,9-10H2,1-4H3/t16?,17-/m0/s1. The van der Waals surface area contributed by atoms with Gasteiger partial charge < -0.3 is 4.74 Å². The first-order valence-electron chi connectivity index (χ1n) is 8.38. The highest BCUT2D eigenvalue weighted by molar-refractivity contribution is 14.1. The highest BCUT2D eigenvalue weighted by Gasteiger charge is 2.45. The second-order valence-electron chi connectivity index (χ2n) is 7.59. The van der Waals surface area contributed by atoms with Gasteiger partial charge in [0.15, 0.2) is 5.78 Å². The highest BCUT2D eigenvalue weighted by atomic mass is 127. The molecule has 25 heavy (non-hydrogen) atoms. The molecule has 0 spiro atoms. The molecule has 5 heteroatoms. The lowest BCUT2D eigenvalue weighted by Crippen LogP contribution is -2.39. The number of aliphatic imine (C=N–C) groups is 1. The molecule has 0 amide bonds. The predicted molar refractivity (Wildman–Crippen MR) is 106 cm³/mol. The van der Waals surface area contributed by atoms with E-state index in [1.165, 1.54) is 7.11 Å². The summed E-state index contributed by atoms with van der Waals surface area (Å²) in [5, 5.41) is 0. The average molecular weight is 451 g/mol. The van der Waals surface area contributed by atoms with Gasteiger partial charge in [0.05, 0.1) is 7.11 Å². The Morgan fingerprint density at radius 2 is 2.04 bits per heavy atom. The van der Waals surface area contributed by atoms with Crippen molar-refractivity contribution in [2.75, 3.05) is 7.11 Å². The molecule has 0 saturated carbocycles. The van der Waals surface area contributed by atoms with E-state index in [0.29, 0.717) is 12.0 Å². The van der Waals surface area contributed by atoms with Gasteiger partial charge in [-0.15, -0.1) is 0 Å². The van der Waals surface area contributed by atoms with E-state index in [1.54, 1.807) is 0 Å². The van der Waals surface area contributed by atoms with Crippen molar-refractivity contribution in [2.24, 2.45) is 16.3 Å². The van der Waals surface area contributed by atoms with E-state index in [-0.39, 0.29) is 23.1 Å². The lowest BCUT2D eigenvalue weighted by Gasteiger charge is -2.38. The van der Waals surface area contributed by atoms with E-state index in [1.807, 2.05) is 31.2 Å². The minimum absolute atomic E-state index is 0.0975. The van der Waals surface area contributed by atoms with E-state index in [0.717, 1.165) is 27.0 Å². The molecule has 1 aliphatic carbocycles. The van der Waals surface area contributed by atoms with E-state index in [9.17, 15) is 9.59 Å². The van der Waals surface area contributed by atoms with Crippen LogP contribution >= 0.6 is 22.6 Å². The summed E-state index contributed by atoms with van der Waals surface area (Å²) in [5.74, 6) is -1.11. The molecule has 1 heterocycles. The third kappa shape index (κ3) is 3.43.